The van der Waals surface area contributed by atoms with Crippen LogP contribution in [0.5, 0.6) is 0 Å². The first-order valence-electron chi connectivity index (χ1n) is 29.8. The van der Waals surface area contributed by atoms with Crippen molar-refractivity contribution in [2.24, 2.45) is 0 Å². The molecular weight excluding hydrogens is 853 g/mol. The van der Waals surface area contributed by atoms with Crippen molar-refractivity contribution in [2.75, 3.05) is 13.2 Å². The van der Waals surface area contributed by atoms with E-state index in [0.717, 1.165) is 89.9 Å². The van der Waals surface area contributed by atoms with E-state index in [4.69, 9.17) is 14.2 Å². The molecule has 0 aromatic heterocycles. The van der Waals surface area contributed by atoms with E-state index in [-0.39, 0.29) is 31.1 Å². The number of carbonyl (C=O) groups is 3. The Morgan fingerprint density at radius 1 is 0.290 bits per heavy atom. The molecule has 6 nitrogen and oxygen atoms in total. The third-order valence-electron chi connectivity index (χ3n) is 13.0. The van der Waals surface area contributed by atoms with Crippen molar-refractivity contribution in [3.8, 4) is 0 Å². The summed E-state index contributed by atoms with van der Waals surface area (Å²) in [6.07, 6.45) is 72.1. The average molecular weight is 966 g/mol. The SMILES string of the molecule is CCCCCC/C=C\C/C=C\CCCCCCCCCC(=O)OC(COC(=O)CCCCCCCCCC/C=C\C/C=C\C/C=C\CCCCCCC)COC(=O)CCCCCCCCCCCC. The minimum atomic E-state index is -0.780. The van der Waals surface area contributed by atoms with Crippen LogP contribution in [0.4, 0.5) is 0 Å². The van der Waals surface area contributed by atoms with E-state index in [9.17, 15) is 14.4 Å². The molecule has 0 aromatic carbocycles. The second-order valence-corrected chi connectivity index (χ2v) is 19.9. The lowest BCUT2D eigenvalue weighted by atomic mass is 10.1. The minimum Gasteiger partial charge on any atom is -0.462 e. The van der Waals surface area contributed by atoms with Gasteiger partial charge in [0.1, 0.15) is 13.2 Å². The molecule has 0 radical (unpaired) electrons. The maximum atomic E-state index is 12.8. The molecule has 69 heavy (non-hydrogen) atoms. The topological polar surface area (TPSA) is 78.9 Å². The van der Waals surface area contributed by atoms with E-state index in [0.29, 0.717) is 19.3 Å². The van der Waals surface area contributed by atoms with Gasteiger partial charge in [-0.05, 0) is 89.9 Å². The number of allylic oxidation sites excluding steroid dienone is 10. The Bertz CT molecular complexity index is 1250. The van der Waals surface area contributed by atoms with Crippen molar-refractivity contribution >= 4 is 17.9 Å². The fourth-order valence-corrected chi connectivity index (χ4v) is 8.48. The number of ether oxygens (including phenoxy) is 3. The van der Waals surface area contributed by atoms with Gasteiger partial charge in [0, 0.05) is 19.3 Å². The van der Waals surface area contributed by atoms with E-state index >= 15 is 0 Å². The Hall–Kier alpha value is -2.89. The quantitative estimate of drug-likeness (QED) is 0.0262. The van der Waals surface area contributed by atoms with Gasteiger partial charge < -0.3 is 14.2 Å². The van der Waals surface area contributed by atoms with Crippen molar-refractivity contribution in [3.05, 3.63) is 60.8 Å². The molecule has 0 heterocycles. The summed E-state index contributed by atoms with van der Waals surface area (Å²) >= 11 is 0. The molecule has 0 saturated carbocycles. The van der Waals surface area contributed by atoms with E-state index in [1.54, 1.807) is 0 Å². The Morgan fingerprint density at radius 3 is 0.826 bits per heavy atom. The second kappa shape index (κ2) is 57.7. The highest BCUT2D eigenvalue weighted by molar-refractivity contribution is 5.71. The third-order valence-corrected chi connectivity index (χ3v) is 13.0. The predicted octanol–water partition coefficient (Wildman–Crippen LogP) is 20.0. The molecule has 0 fully saturated rings. The van der Waals surface area contributed by atoms with Crippen LogP contribution in [0.2, 0.25) is 0 Å². The van der Waals surface area contributed by atoms with E-state index in [1.165, 1.54) is 173 Å². The van der Waals surface area contributed by atoms with Gasteiger partial charge in [0.15, 0.2) is 6.10 Å². The fourth-order valence-electron chi connectivity index (χ4n) is 8.48. The monoisotopic (exact) mass is 965 g/mol. The molecule has 0 aliphatic heterocycles. The zero-order valence-electron chi connectivity index (χ0n) is 45.8. The number of hydrogen-bond acceptors (Lipinski definition) is 6. The summed E-state index contributed by atoms with van der Waals surface area (Å²) in [5.74, 6) is -0.883. The Kier molecular flexibility index (Phi) is 55.3. The van der Waals surface area contributed by atoms with Gasteiger partial charge in [0.05, 0.1) is 0 Å². The van der Waals surface area contributed by atoms with E-state index < -0.39 is 6.10 Å². The molecule has 0 aromatic rings. The Labute approximate surface area is 428 Å². The molecule has 0 N–H and O–H groups in total. The summed E-state index contributed by atoms with van der Waals surface area (Å²) in [7, 11) is 0. The molecule has 0 rings (SSSR count). The molecule has 400 valence electrons. The van der Waals surface area contributed by atoms with Crippen LogP contribution in [0.3, 0.4) is 0 Å². The average Bonchev–Trinajstić information content (AvgIpc) is 3.35. The number of esters is 3. The van der Waals surface area contributed by atoms with Gasteiger partial charge in [0.2, 0.25) is 0 Å². The normalized spacial score (nSPS) is 12.4. The van der Waals surface area contributed by atoms with Crippen molar-refractivity contribution in [1.82, 2.24) is 0 Å². The summed E-state index contributed by atoms with van der Waals surface area (Å²) < 4.78 is 16.9. The van der Waals surface area contributed by atoms with Crippen LogP contribution in [-0.4, -0.2) is 37.2 Å². The zero-order chi connectivity index (χ0) is 50.0. The first-order chi connectivity index (χ1) is 34.0. The molecule has 1 unspecified atom stereocenters. The van der Waals surface area contributed by atoms with Crippen LogP contribution < -0.4 is 0 Å². The molecule has 0 aliphatic rings. The number of rotatable bonds is 54. The van der Waals surface area contributed by atoms with Gasteiger partial charge >= 0.3 is 17.9 Å². The lowest BCUT2D eigenvalue weighted by Crippen LogP contribution is -2.30. The van der Waals surface area contributed by atoms with Gasteiger partial charge in [0.25, 0.3) is 0 Å². The Morgan fingerprint density at radius 2 is 0.522 bits per heavy atom. The molecule has 0 saturated heterocycles. The summed E-state index contributed by atoms with van der Waals surface area (Å²) in [6.45, 7) is 6.61. The highest BCUT2D eigenvalue weighted by Crippen LogP contribution is 2.15. The van der Waals surface area contributed by atoms with Gasteiger partial charge in [-0.3, -0.25) is 14.4 Å². The molecule has 1 atom stereocenters. The van der Waals surface area contributed by atoms with Gasteiger partial charge in [-0.15, -0.1) is 0 Å². The van der Waals surface area contributed by atoms with Crippen molar-refractivity contribution in [2.45, 2.75) is 309 Å². The highest BCUT2D eigenvalue weighted by Gasteiger charge is 2.19. The van der Waals surface area contributed by atoms with Crippen molar-refractivity contribution < 1.29 is 28.6 Å². The first kappa shape index (κ1) is 66.1. The van der Waals surface area contributed by atoms with Gasteiger partial charge in [-0.1, -0.05) is 255 Å². The van der Waals surface area contributed by atoms with Crippen molar-refractivity contribution in [1.29, 1.82) is 0 Å². The molecule has 0 bridgehead atoms. The molecule has 6 heteroatoms. The van der Waals surface area contributed by atoms with Crippen LogP contribution in [0.1, 0.15) is 303 Å². The van der Waals surface area contributed by atoms with E-state index in [1.807, 2.05) is 0 Å². The standard InChI is InChI=1S/C63H112O6/c1-4-7-10-13-16-19-22-24-26-28-30-31-32-33-34-36-37-39-41-44-47-50-53-56-62(65)68-59-60(58-67-61(64)55-52-49-46-43-21-18-15-12-9-6-3)69-63(66)57-54-51-48-45-42-40-38-35-29-27-25-23-20-17-14-11-8-5-2/h20,22-24,27-30,32-33,60H,4-19,21,25-26,31,34-59H2,1-3H3/b23-20-,24-22-,29-27-,30-28-,33-32-. The lowest BCUT2D eigenvalue weighted by molar-refractivity contribution is -0.167. The number of hydrogen-bond donors (Lipinski definition) is 0. The second-order valence-electron chi connectivity index (χ2n) is 19.9. The van der Waals surface area contributed by atoms with Crippen LogP contribution in [0, 0.1) is 0 Å². The predicted molar refractivity (Wildman–Crippen MR) is 298 cm³/mol. The Balaban J connectivity index is 4.30. The fraction of sp³-hybridized carbons (Fsp3) is 0.794. The number of unbranched alkanes of at least 4 members (excludes halogenated alkanes) is 33. The maximum absolute atomic E-state index is 12.8. The summed E-state index contributed by atoms with van der Waals surface area (Å²) in [4.78, 5) is 38.1. The number of carbonyl (C=O) groups excluding carboxylic acids is 3. The van der Waals surface area contributed by atoms with Crippen molar-refractivity contribution in [3.63, 3.8) is 0 Å². The van der Waals surface area contributed by atoms with Crippen LogP contribution in [-0.2, 0) is 28.6 Å². The largest absolute Gasteiger partial charge is 0.462 e. The highest BCUT2D eigenvalue weighted by atomic mass is 16.6. The molecular formula is C63H112O6. The third kappa shape index (κ3) is 55.9. The van der Waals surface area contributed by atoms with E-state index in [2.05, 4.69) is 81.5 Å². The van der Waals surface area contributed by atoms with Gasteiger partial charge in [-0.25, -0.2) is 0 Å². The summed E-state index contributed by atoms with van der Waals surface area (Å²) in [6, 6.07) is 0. The summed E-state index contributed by atoms with van der Waals surface area (Å²) in [5.41, 5.74) is 0. The first-order valence-corrected chi connectivity index (χ1v) is 29.8. The zero-order valence-corrected chi connectivity index (χ0v) is 45.8. The van der Waals surface area contributed by atoms with Gasteiger partial charge in [-0.2, -0.15) is 0 Å². The molecule has 0 spiro atoms. The van der Waals surface area contributed by atoms with Crippen LogP contribution >= 0.6 is 0 Å². The molecule has 0 aliphatic carbocycles. The maximum Gasteiger partial charge on any atom is 0.306 e. The van der Waals surface area contributed by atoms with Crippen LogP contribution in [0.25, 0.3) is 0 Å². The van der Waals surface area contributed by atoms with Crippen LogP contribution in [0.15, 0.2) is 60.8 Å². The smallest absolute Gasteiger partial charge is 0.306 e. The summed E-state index contributed by atoms with van der Waals surface area (Å²) in [5, 5.41) is 0. The lowest BCUT2D eigenvalue weighted by Gasteiger charge is -2.18. The molecule has 0 amide bonds. The minimum absolute atomic E-state index is 0.0777.